The summed E-state index contributed by atoms with van der Waals surface area (Å²) in [5, 5.41) is 17.4. The highest BCUT2D eigenvalue weighted by molar-refractivity contribution is 7.98. The van der Waals surface area contributed by atoms with Gasteiger partial charge in [-0.05, 0) is 30.6 Å². The van der Waals surface area contributed by atoms with E-state index in [9.17, 15) is 24.5 Å². The van der Waals surface area contributed by atoms with Crippen LogP contribution < -0.4 is 20.3 Å². The van der Waals surface area contributed by atoms with E-state index in [2.05, 4.69) is 10.6 Å². The Kier molecular flexibility index (Phi) is 5.33. The van der Waals surface area contributed by atoms with Crippen molar-refractivity contribution in [2.75, 3.05) is 29.3 Å². The van der Waals surface area contributed by atoms with Crippen LogP contribution in [-0.2, 0) is 19.9 Å². The second kappa shape index (κ2) is 8.10. The van der Waals surface area contributed by atoms with Gasteiger partial charge in [-0.2, -0.15) is 11.8 Å². The number of thioether (sulfide) groups is 1. The Bertz CT molecular complexity index is 1240. The van der Waals surface area contributed by atoms with Crippen LogP contribution in [0, 0.1) is 22.0 Å². The van der Waals surface area contributed by atoms with E-state index in [1.165, 1.54) is 25.3 Å². The summed E-state index contributed by atoms with van der Waals surface area (Å²) in [4.78, 5) is 52.7. The lowest BCUT2D eigenvalue weighted by atomic mass is 9.76. The third-order valence-electron chi connectivity index (χ3n) is 6.87. The summed E-state index contributed by atoms with van der Waals surface area (Å²) in [6.07, 6.45) is 2.54. The number of ether oxygens (including phenoxy) is 1. The van der Waals surface area contributed by atoms with E-state index in [0.717, 1.165) is 10.7 Å². The molecule has 0 unspecified atom stereocenters. The van der Waals surface area contributed by atoms with E-state index in [-0.39, 0.29) is 23.0 Å². The average Bonchev–Trinajstić information content (AvgIpc) is 3.41. The predicted octanol–water partition coefficient (Wildman–Crippen LogP) is 2.28. The minimum atomic E-state index is -1.38. The highest BCUT2D eigenvalue weighted by Crippen LogP contribution is 2.54. The molecule has 34 heavy (non-hydrogen) atoms. The fraction of sp³-hybridized carbons (Fsp3) is 0.348. The SMILES string of the molecule is COc1cc([N+](=O)[O-])ccc1N1C(=O)[C@@H]2[C@H](CCSC)N[C@]3(C(=O)Nc4ccccc43)[C@@H]2C1=O. The molecule has 3 aliphatic rings. The Labute approximate surface area is 199 Å². The number of nitrogens with zero attached hydrogens (tertiary/aromatic N) is 2. The van der Waals surface area contributed by atoms with Crippen molar-refractivity contribution >= 4 is 46.5 Å². The number of rotatable bonds is 6. The number of hydrogen-bond donors (Lipinski definition) is 2. The number of nitro benzene ring substituents is 1. The highest BCUT2D eigenvalue weighted by atomic mass is 32.2. The zero-order valence-corrected chi connectivity index (χ0v) is 19.3. The molecule has 3 aliphatic heterocycles. The van der Waals surface area contributed by atoms with Gasteiger partial charge in [0.15, 0.2) is 0 Å². The third kappa shape index (κ3) is 2.96. The van der Waals surface area contributed by atoms with Gasteiger partial charge < -0.3 is 10.1 Å². The number of anilines is 2. The molecule has 3 amide bonds. The molecule has 11 heteroatoms. The molecular weight excluding hydrogens is 460 g/mol. The van der Waals surface area contributed by atoms with Crippen LogP contribution in [-0.4, -0.2) is 47.8 Å². The summed E-state index contributed by atoms with van der Waals surface area (Å²) in [6.45, 7) is 0. The topological polar surface area (TPSA) is 131 Å². The van der Waals surface area contributed by atoms with E-state index in [1.54, 1.807) is 36.0 Å². The smallest absolute Gasteiger partial charge is 0.273 e. The standard InChI is InChI=1S/C23H22N4O6S/c1-33-17-11-12(27(31)32)7-8-16(17)26-20(28)18-15(9-10-34-2)25-23(19(18)21(26)29)13-5-3-4-6-14(13)24-22(23)30/h3-8,11,15,18-19,25H,9-10H2,1-2H3,(H,24,30)/t15-,18+,19-,23-/m0/s1. The molecule has 2 aromatic carbocycles. The van der Waals surface area contributed by atoms with Gasteiger partial charge in [0, 0.05) is 23.4 Å². The monoisotopic (exact) mass is 482 g/mol. The molecule has 10 nitrogen and oxygen atoms in total. The lowest BCUT2D eigenvalue weighted by Gasteiger charge is -2.29. The second-order valence-corrected chi connectivity index (χ2v) is 9.45. The maximum atomic E-state index is 13.9. The van der Waals surface area contributed by atoms with Crippen LogP contribution >= 0.6 is 11.8 Å². The quantitative estimate of drug-likeness (QED) is 0.364. The predicted molar refractivity (Wildman–Crippen MR) is 126 cm³/mol. The Hall–Kier alpha value is -3.44. The van der Waals surface area contributed by atoms with Gasteiger partial charge in [0.05, 0.1) is 35.6 Å². The number of methoxy groups -OCH3 is 1. The second-order valence-electron chi connectivity index (χ2n) is 8.47. The molecule has 5 rings (SSSR count). The van der Waals surface area contributed by atoms with Crippen molar-refractivity contribution in [3.8, 4) is 5.75 Å². The lowest BCUT2D eigenvalue weighted by Crippen LogP contribution is -2.53. The third-order valence-corrected chi connectivity index (χ3v) is 7.51. The van der Waals surface area contributed by atoms with Crippen molar-refractivity contribution in [1.29, 1.82) is 0 Å². The van der Waals surface area contributed by atoms with Crippen molar-refractivity contribution in [2.24, 2.45) is 11.8 Å². The summed E-state index contributed by atoms with van der Waals surface area (Å²) in [6, 6.07) is 10.5. The minimum Gasteiger partial charge on any atom is -0.494 e. The summed E-state index contributed by atoms with van der Waals surface area (Å²) in [5.74, 6) is -2.30. The van der Waals surface area contributed by atoms with Crippen LogP contribution in [0.5, 0.6) is 5.75 Å². The number of benzene rings is 2. The summed E-state index contributed by atoms with van der Waals surface area (Å²) >= 11 is 1.62. The summed E-state index contributed by atoms with van der Waals surface area (Å²) < 4.78 is 5.30. The maximum Gasteiger partial charge on any atom is 0.273 e. The van der Waals surface area contributed by atoms with E-state index in [1.807, 2.05) is 6.26 Å². The minimum absolute atomic E-state index is 0.0369. The van der Waals surface area contributed by atoms with Gasteiger partial charge in [0.1, 0.15) is 11.3 Å². The van der Waals surface area contributed by atoms with Crippen LogP contribution in [0.4, 0.5) is 17.1 Å². The molecule has 0 aliphatic carbocycles. The van der Waals surface area contributed by atoms with Crippen LogP contribution in [0.25, 0.3) is 0 Å². The molecule has 4 atom stereocenters. The molecular formula is C23H22N4O6S. The van der Waals surface area contributed by atoms with Crippen LogP contribution in [0.3, 0.4) is 0 Å². The van der Waals surface area contributed by atoms with Crippen LogP contribution in [0.15, 0.2) is 42.5 Å². The first-order valence-corrected chi connectivity index (χ1v) is 12.1. The zero-order chi connectivity index (χ0) is 24.2. The van der Waals surface area contributed by atoms with E-state index >= 15 is 0 Å². The number of nitro groups is 1. The van der Waals surface area contributed by atoms with Crippen molar-refractivity contribution in [3.63, 3.8) is 0 Å². The summed E-state index contributed by atoms with van der Waals surface area (Å²) in [7, 11) is 1.32. The van der Waals surface area contributed by atoms with E-state index in [4.69, 9.17) is 4.74 Å². The molecule has 1 spiro atoms. The van der Waals surface area contributed by atoms with Gasteiger partial charge in [0.2, 0.25) is 17.7 Å². The molecule has 2 saturated heterocycles. The van der Waals surface area contributed by atoms with E-state index < -0.39 is 40.2 Å². The van der Waals surface area contributed by atoms with E-state index in [0.29, 0.717) is 17.7 Å². The first kappa shape index (κ1) is 22.4. The number of non-ortho nitro benzene ring substituents is 1. The number of para-hydroxylation sites is 1. The molecule has 176 valence electrons. The normalized spacial score (nSPS) is 27.2. The Morgan fingerprint density at radius 1 is 1.18 bits per heavy atom. The number of carbonyl (C=O) groups excluding carboxylic acids is 3. The molecule has 0 radical (unpaired) electrons. The molecule has 2 aromatic rings. The molecule has 0 aromatic heterocycles. The lowest BCUT2D eigenvalue weighted by molar-refractivity contribution is -0.384. The number of fused-ring (bicyclic) bond motifs is 4. The van der Waals surface area contributed by atoms with Gasteiger partial charge >= 0.3 is 0 Å². The van der Waals surface area contributed by atoms with Crippen molar-refractivity contribution in [3.05, 3.63) is 58.1 Å². The fourth-order valence-corrected chi connectivity index (χ4v) is 5.94. The van der Waals surface area contributed by atoms with Crippen molar-refractivity contribution in [2.45, 2.75) is 18.0 Å². The number of hydrogen-bond acceptors (Lipinski definition) is 8. The number of amides is 3. The van der Waals surface area contributed by atoms with Gasteiger partial charge in [-0.15, -0.1) is 0 Å². The van der Waals surface area contributed by atoms with Crippen molar-refractivity contribution in [1.82, 2.24) is 5.32 Å². The highest BCUT2D eigenvalue weighted by Gasteiger charge is 2.70. The largest absolute Gasteiger partial charge is 0.494 e. The fourth-order valence-electron chi connectivity index (χ4n) is 5.45. The first-order valence-electron chi connectivity index (χ1n) is 10.7. The molecule has 0 saturated carbocycles. The molecule has 3 heterocycles. The molecule has 2 N–H and O–H groups in total. The number of carbonyl (C=O) groups is 3. The molecule has 2 fully saturated rings. The first-order chi connectivity index (χ1) is 16.3. The zero-order valence-electron chi connectivity index (χ0n) is 18.4. The number of nitrogens with one attached hydrogen (secondary N) is 2. The van der Waals surface area contributed by atoms with Crippen LogP contribution in [0.1, 0.15) is 12.0 Å². The maximum absolute atomic E-state index is 13.9. The van der Waals surface area contributed by atoms with Crippen LogP contribution in [0.2, 0.25) is 0 Å². The number of imide groups is 1. The Morgan fingerprint density at radius 2 is 1.94 bits per heavy atom. The molecule has 0 bridgehead atoms. The summed E-state index contributed by atoms with van der Waals surface area (Å²) in [5.41, 5.74) is -0.223. The van der Waals surface area contributed by atoms with Crippen molar-refractivity contribution < 1.29 is 24.0 Å². The van der Waals surface area contributed by atoms with Gasteiger partial charge in [-0.3, -0.25) is 29.8 Å². The Morgan fingerprint density at radius 3 is 2.65 bits per heavy atom. The van der Waals surface area contributed by atoms with Gasteiger partial charge in [-0.1, -0.05) is 18.2 Å². The average molecular weight is 483 g/mol. The van der Waals surface area contributed by atoms with Gasteiger partial charge in [-0.25, -0.2) is 4.90 Å². The van der Waals surface area contributed by atoms with Gasteiger partial charge in [0.25, 0.3) is 5.69 Å². The Balaban J connectivity index is 1.64.